The molecule has 1 aliphatic rings. The minimum Gasteiger partial charge on any atom is -0.496 e. The van der Waals surface area contributed by atoms with Crippen LogP contribution in [0.4, 0.5) is 5.69 Å². The van der Waals surface area contributed by atoms with Crippen molar-refractivity contribution in [3.05, 3.63) is 76.4 Å². The van der Waals surface area contributed by atoms with Crippen molar-refractivity contribution < 1.29 is 14.1 Å². The molecule has 0 fully saturated rings. The zero-order valence-electron chi connectivity index (χ0n) is 17.0. The molecule has 2 heterocycles. The highest BCUT2D eigenvalue weighted by atomic mass is 16.5. The number of carbonyl (C=O) groups excluding carboxylic acids is 1. The molecule has 3 aromatic rings. The van der Waals surface area contributed by atoms with Gasteiger partial charge in [-0.05, 0) is 49.6 Å². The van der Waals surface area contributed by atoms with Crippen LogP contribution in [-0.2, 0) is 16.1 Å². The van der Waals surface area contributed by atoms with Crippen LogP contribution in [0.3, 0.4) is 0 Å². The number of aryl methyl sites for hydroxylation is 3. The van der Waals surface area contributed by atoms with E-state index in [-0.39, 0.29) is 12.3 Å². The monoisotopic (exact) mass is 389 g/mol. The summed E-state index contributed by atoms with van der Waals surface area (Å²) in [5, 5.41) is 3.88. The fourth-order valence-electron chi connectivity index (χ4n) is 3.61. The molecule has 0 N–H and O–H groups in total. The average Bonchev–Trinajstić information content (AvgIpc) is 3.10. The van der Waals surface area contributed by atoms with Gasteiger partial charge in [0.15, 0.2) is 5.82 Å². The van der Waals surface area contributed by atoms with Crippen molar-refractivity contribution in [3.8, 4) is 0 Å². The van der Waals surface area contributed by atoms with Crippen molar-refractivity contribution >= 4 is 22.9 Å². The molecule has 2 aromatic carbocycles. The first-order chi connectivity index (χ1) is 14.0. The van der Waals surface area contributed by atoms with Crippen LogP contribution in [0, 0.1) is 20.8 Å². The highest BCUT2D eigenvalue weighted by Crippen LogP contribution is 2.39. The summed E-state index contributed by atoms with van der Waals surface area (Å²) in [5.74, 6) is 1.37. The van der Waals surface area contributed by atoms with E-state index >= 15 is 0 Å². The highest BCUT2D eigenvalue weighted by molar-refractivity contribution is 6.08. The van der Waals surface area contributed by atoms with E-state index in [0.29, 0.717) is 29.6 Å². The summed E-state index contributed by atoms with van der Waals surface area (Å²) >= 11 is 0. The van der Waals surface area contributed by atoms with E-state index in [1.807, 2.05) is 24.3 Å². The van der Waals surface area contributed by atoms with Crippen LogP contribution in [0.2, 0.25) is 0 Å². The molecule has 6 nitrogen and oxygen atoms in total. The van der Waals surface area contributed by atoms with Crippen molar-refractivity contribution in [2.45, 2.75) is 33.7 Å². The Morgan fingerprint density at radius 2 is 1.90 bits per heavy atom. The van der Waals surface area contributed by atoms with Crippen LogP contribution in [0.15, 0.2) is 47.0 Å². The Morgan fingerprint density at radius 1 is 1.10 bits per heavy atom. The van der Waals surface area contributed by atoms with Crippen LogP contribution in [0.1, 0.15) is 40.4 Å². The Hall–Kier alpha value is -3.41. The molecule has 0 saturated carbocycles. The Balaban J connectivity index is 1.81. The SMILES string of the molecule is COC1=C(c2nc(C)no2)CC(=O)N(Cc2ccc(C)c(C)c2)c2ccccc21. The van der Waals surface area contributed by atoms with Gasteiger partial charge < -0.3 is 14.2 Å². The number of methoxy groups -OCH3 is 1. The molecular formula is C23H23N3O3. The molecule has 1 aliphatic heterocycles. The summed E-state index contributed by atoms with van der Waals surface area (Å²) in [7, 11) is 1.60. The lowest BCUT2D eigenvalue weighted by Crippen LogP contribution is -2.30. The van der Waals surface area contributed by atoms with Crippen LogP contribution in [0.5, 0.6) is 0 Å². The molecule has 0 radical (unpaired) electrons. The smallest absolute Gasteiger partial charge is 0.258 e. The van der Waals surface area contributed by atoms with Gasteiger partial charge in [0.25, 0.3) is 5.89 Å². The molecule has 148 valence electrons. The summed E-state index contributed by atoms with van der Waals surface area (Å²) in [6.07, 6.45) is 0.115. The number of benzene rings is 2. The molecule has 1 aromatic heterocycles. The molecule has 0 unspecified atom stereocenters. The van der Waals surface area contributed by atoms with Gasteiger partial charge in [-0.25, -0.2) is 0 Å². The van der Waals surface area contributed by atoms with E-state index in [0.717, 1.165) is 16.8 Å². The molecule has 0 bridgehead atoms. The summed E-state index contributed by atoms with van der Waals surface area (Å²) in [6, 6.07) is 14.0. The fourth-order valence-corrected chi connectivity index (χ4v) is 3.61. The summed E-state index contributed by atoms with van der Waals surface area (Å²) < 4.78 is 11.1. The number of carbonyl (C=O) groups is 1. The van der Waals surface area contributed by atoms with Gasteiger partial charge in [-0.15, -0.1) is 0 Å². The third kappa shape index (κ3) is 3.53. The Bertz CT molecular complexity index is 1110. The number of amides is 1. The molecule has 0 saturated heterocycles. The minimum absolute atomic E-state index is 0.0476. The van der Waals surface area contributed by atoms with Crippen molar-refractivity contribution in [3.63, 3.8) is 0 Å². The summed E-state index contributed by atoms with van der Waals surface area (Å²) in [5.41, 5.74) is 5.75. The molecule has 29 heavy (non-hydrogen) atoms. The lowest BCUT2D eigenvalue weighted by atomic mass is 10.0. The second-order valence-corrected chi connectivity index (χ2v) is 7.25. The van der Waals surface area contributed by atoms with Crippen LogP contribution in [0.25, 0.3) is 11.3 Å². The average molecular weight is 389 g/mol. The van der Waals surface area contributed by atoms with Crippen molar-refractivity contribution in [1.82, 2.24) is 10.1 Å². The zero-order chi connectivity index (χ0) is 20.5. The minimum atomic E-state index is -0.0476. The Morgan fingerprint density at radius 3 is 2.59 bits per heavy atom. The predicted molar refractivity (Wildman–Crippen MR) is 111 cm³/mol. The number of fused-ring (bicyclic) bond motifs is 1. The van der Waals surface area contributed by atoms with Crippen LogP contribution < -0.4 is 4.90 Å². The van der Waals surface area contributed by atoms with Gasteiger partial charge in [-0.2, -0.15) is 4.98 Å². The fraction of sp³-hybridized carbons (Fsp3) is 0.261. The molecule has 0 spiro atoms. The van der Waals surface area contributed by atoms with Gasteiger partial charge in [0.1, 0.15) is 5.76 Å². The first-order valence-electron chi connectivity index (χ1n) is 9.51. The number of rotatable bonds is 4. The van der Waals surface area contributed by atoms with E-state index in [2.05, 4.69) is 42.2 Å². The van der Waals surface area contributed by atoms with Gasteiger partial charge >= 0.3 is 0 Å². The second-order valence-electron chi connectivity index (χ2n) is 7.25. The molecule has 0 atom stereocenters. The van der Waals surface area contributed by atoms with Crippen molar-refractivity contribution in [2.24, 2.45) is 0 Å². The predicted octanol–water partition coefficient (Wildman–Crippen LogP) is 4.45. The topological polar surface area (TPSA) is 68.5 Å². The van der Waals surface area contributed by atoms with Crippen LogP contribution in [-0.4, -0.2) is 23.2 Å². The Labute approximate surface area is 169 Å². The molecule has 0 aliphatic carbocycles. The third-order valence-corrected chi connectivity index (χ3v) is 5.24. The number of ether oxygens (including phenoxy) is 1. The largest absolute Gasteiger partial charge is 0.496 e. The van der Waals surface area contributed by atoms with E-state index in [9.17, 15) is 4.79 Å². The first kappa shape index (κ1) is 18.9. The second kappa shape index (κ2) is 7.54. The number of hydrogen-bond acceptors (Lipinski definition) is 5. The third-order valence-electron chi connectivity index (χ3n) is 5.24. The van der Waals surface area contributed by atoms with Gasteiger partial charge in [-0.1, -0.05) is 35.5 Å². The number of hydrogen-bond donors (Lipinski definition) is 0. The lowest BCUT2D eigenvalue weighted by Gasteiger charge is -2.24. The van der Waals surface area contributed by atoms with E-state index in [1.54, 1.807) is 18.9 Å². The molecule has 1 amide bonds. The quantitative estimate of drug-likeness (QED) is 0.660. The van der Waals surface area contributed by atoms with E-state index in [1.165, 1.54) is 11.1 Å². The van der Waals surface area contributed by atoms with Gasteiger partial charge in [0.2, 0.25) is 5.91 Å². The number of anilines is 1. The van der Waals surface area contributed by atoms with Gasteiger partial charge in [0, 0.05) is 5.56 Å². The number of para-hydroxylation sites is 1. The lowest BCUT2D eigenvalue weighted by molar-refractivity contribution is -0.117. The molecule has 4 rings (SSSR count). The Kier molecular flexibility index (Phi) is 4.92. The number of nitrogens with zero attached hydrogens (tertiary/aromatic N) is 3. The maximum Gasteiger partial charge on any atom is 0.258 e. The maximum absolute atomic E-state index is 13.3. The normalized spacial score (nSPS) is 14.1. The molecular weight excluding hydrogens is 366 g/mol. The van der Waals surface area contributed by atoms with E-state index in [4.69, 9.17) is 9.26 Å². The summed E-state index contributed by atoms with van der Waals surface area (Å²) in [6.45, 7) is 6.39. The zero-order valence-corrected chi connectivity index (χ0v) is 17.0. The highest BCUT2D eigenvalue weighted by Gasteiger charge is 2.31. The summed E-state index contributed by atoms with van der Waals surface area (Å²) in [4.78, 5) is 19.5. The van der Waals surface area contributed by atoms with Crippen molar-refractivity contribution in [1.29, 1.82) is 0 Å². The van der Waals surface area contributed by atoms with Gasteiger partial charge in [0.05, 0.1) is 31.3 Å². The van der Waals surface area contributed by atoms with Crippen LogP contribution >= 0.6 is 0 Å². The standard InChI is InChI=1S/C23H23N3O3/c1-14-9-10-17(11-15(14)2)13-26-20-8-6-5-7-18(20)22(28-4)19(12-21(26)27)23-24-16(3)25-29-23/h5-11H,12-13H2,1-4H3. The first-order valence-corrected chi connectivity index (χ1v) is 9.51. The van der Waals surface area contributed by atoms with Gasteiger partial charge in [-0.3, -0.25) is 4.79 Å². The maximum atomic E-state index is 13.3. The number of aromatic nitrogens is 2. The van der Waals surface area contributed by atoms with Crippen molar-refractivity contribution in [2.75, 3.05) is 12.0 Å². The molecule has 6 heteroatoms. The van der Waals surface area contributed by atoms with E-state index < -0.39 is 0 Å².